The number of ether oxygens (including phenoxy) is 6. The van der Waals surface area contributed by atoms with Crippen molar-refractivity contribution >= 4 is 79.8 Å². The monoisotopic (exact) mass is 1610 g/mol. The predicted molar refractivity (Wildman–Crippen MR) is 358 cm³/mol. The normalized spacial score (nSPS) is 22.6. The van der Waals surface area contributed by atoms with Crippen molar-refractivity contribution in [2.24, 2.45) is 11.8 Å². The van der Waals surface area contributed by atoms with Crippen LogP contribution in [0.3, 0.4) is 0 Å². The van der Waals surface area contributed by atoms with E-state index < -0.39 is 174 Å². The van der Waals surface area contributed by atoms with Gasteiger partial charge in [-0.1, -0.05) is 69.6 Å². The van der Waals surface area contributed by atoms with Crippen LogP contribution in [0.15, 0.2) is 24.3 Å². The number of imide groups is 2. The number of aliphatic carboxylic acids is 1. The minimum Gasteiger partial charge on any atom is -1.00 e. The quantitative estimate of drug-likeness (QED) is 0.00991. The number of aliphatic hydroxyl groups is 2. The number of β-amino-alcohol motifs (C(OH)–C–C–N with tert-alkyl or cyclic N) is 2. The third-order valence-electron chi connectivity index (χ3n) is 16.3. The predicted octanol–water partition coefficient (Wildman–Crippen LogP) is 7.10. The third-order valence-corrected chi connectivity index (χ3v) is 18.0. The largest absolute Gasteiger partial charge is 1.00 e. The van der Waals surface area contributed by atoms with E-state index in [0.29, 0.717) is 49.5 Å². The molecule has 10 atom stereocenters. The Balaban J connectivity index is 0.00000103. The number of carbonyl (C=O) groups is 12. The van der Waals surface area contributed by atoms with Crippen LogP contribution in [-0.4, -0.2) is 223 Å². The maximum Gasteiger partial charge on any atom is 0.471 e. The summed E-state index contributed by atoms with van der Waals surface area (Å²) in [4.78, 5) is 157. The number of unbranched alkanes of at least 4 members (excludes halogenated alkanes) is 6. The standard InChI is InChI=1S/C37H60F3N3O11Si.C31H46F3N3O10.HI.H/c1-11-51-31(48)36(43(32(49)53-34(2,3)4)33(50)54-35(5,6)7)22-24(36)17-15-13-12-14-16-18-26(41-30(47)37(38,39)40)28(45)42-23-25(44)21-27(42)29(46)52-19-20-55(8,9)10;1-18(38)30(37(26(44)46-28(2,3)4)27(45)47-29(5,6)7)16-19(30)13-11-9-8-10-12-14-21(35-25(43)31(32,33)34)23(40)36-17-20(39)15-22(36)24(41)42;;/h15,17,24-27,44H,11-14,16,18-23H2,1-10H3,(H,41,47);11,13,19-22,39H,8-10,12,14-17H2,1-7H3,(H,35,43)(H,41,42);1H;/q;;;-1/p-1/b17-15-;13-11-;;/t24-,25-,26+,27+,36-;19-,20-,21+,22+,30+;;/m11../s1. The van der Waals surface area contributed by atoms with E-state index in [1.54, 1.807) is 125 Å². The van der Waals surface area contributed by atoms with E-state index in [1.165, 1.54) is 6.92 Å². The van der Waals surface area contributed by atoms with Gasteiger partial charge < -0.3 is 89.6 Å². The number of nitrogens with zero attached hydrogens (tertiary/aromatic N) is 4. The van der Waals surface area contributed by atoms with E-state index in [2.05, 4.69) is 19.6 Å². The Bertz CT molecular complexity index is 3020. The summed E-state index contributed by atoms with van der Waals surface area (Å²) in [7, 11) is -1.56. The molecule has 4 fully saturated rings. The van der Waals surface area contributed by atoms with Gasteiger partial charge in [0.25, 0.3) is 0 Å². The first kappa shape index (κ1) is 92.4. The SMILES string of the molecule is CC(=O)[C@@]1(N(C(=O)OC(C)(C)C)C(=O)OC(C)(C)C)C[C@H]1/C=C\CCCCC[C@H](NC(=O)C(F)(F)F)C(=O)N1C[C@H](O)C[C@H]1C(=O)O.CCOC(=O)[C@@]1(N(C(=O)OC(C)(C)C)C(=O)OC(C)(C)C)C[C@H]1/C=C\CCCCC[C@H](NC(=O)C(F)(F)F)C(=O)N1C[C@H](O)C[C@H]1C(=O)OCC[Si](C)(C)C.[H-].[I-]. The van der Waals surface area contributed by atoms with E-state index in [-0.39, 0.29) is 103 Å². The molecular weight excluding hydrogens is 1510 g/mol. The van der Waals surface area contributed by atoms with Gasteiger partial charge in [0.05, 0.1) is 25.4 Å². The first-order chi connectivity index (χ1) is 46.5. The second-order valence-corrected chi connectivity index (χ2v) is 36.7. The van der Waals surface area contributed by atoms with Gasteiger partial charge in [-0.25, -0.2) is 33.6 Å². The van der Waals surface area contributed by atoms with Crippen molar-refractivity contribution < 1.29 is 153 Å². The van der Waals surface area contributed by atoms with Crippen molar-refractivity contribution in [3.05, 3.63) is 24.3 Å². The van der Waals surface area contributed by atoms with E-state index in [0.717, 1.165) is 14.7 Å². The molecule has 8 amide bonds. The summed E-state index contributed by atoms with van der Waals surface area (Å²) >= 11 is 0. The minimum absolute atomic E-state index is 0. The Morgan fingerprint density at radius 2 is 0.913 bits per heavy atom. The lowest BCUT2D eigenvalue weighted by molar-refractivity contribution is -0.175. The topological polar surface area (TPSA) is 358 Å². The van der Waals surface area contributed by atoms with Crippen LogP contribution in [0.25, 0.3) is 0 Å². The van der Waals surface area contributed by atoms with Crippen molar-refractivity contribution in [2.45, 2.75) is 295 Å². The Hall–Kier alpha value is -6.63. The molecule has 0 aromatic rings. The molecule has 0 spiro atoms. The van der Waals surface area contributed by atoms with Crippen molar-refractivity contribution in [2.75, 3.05) is 26.3 Å². The number of carbonyl (C=O) groups excluding carboxylic acids is 11. The number of allylic oxidation sites excluding steroid dienone is 2. The molecule has 0 aromatic carbocycles. The number of halogens is 7. The maximum absolute atomic E-state index is 13.5. The summed E-state index contributed by atoms with van der Waals surface area (Å²) < 4.78 is 111. The van der Waals surface area contributed by atoms with Crippen molar-refractivity contribution in [3.8, 4) is 0 Å². The van der Waals surface area contributed by atoms with Gasteiger partial charge in [0.15, 0.2) is 11.3 Å². The molecule has 2 heterocycles. The number of hydrogen-bond donors (Lipinski definition) is 5. The lowest BCUT2D eigenvalue weighted by Gasteiger charge is -2.33. The lowest BCUT2D eigenvalue weighted by Crippen LogP contribution is -3.00. The molecule has 0 bridgehead atoms. The van der Waals surface area contributed by atoms with Crippen LogP contribution in [0.1, 0.15) is 188 Å². The number of hydrogen-bond acceptors (Lipinski definition) is 20. The van der Waals surface area contributed by atoms with E-state index in [9.17, 15) is 99.2 Å². The molecule has 0 radical (unpaired) electrons. The average Bonchev–Trinajstić information content (AvgIpc) is 1.56. The van der Waals surface area contributed by atoms with Gasteiger partial charge in [-0.05, 0) is 154 Å². The summed E-state index contributed by atoms with van der Waals surface area (Å²) in [6, 6.07) is -5.24. The zero-order chi connectivity index (χ0) is 78.3. The van der Waals surface area contributed by atoms with E-state index >= 15 is 0 Å². The summed E-state index contributed by atoms with van der Waals surface area (Å²) in [5, 5.41) is 32.9. The highest BCUT2D eigenvalue weighted by Crippen LogP contribution is 2.53. The summed E-state index contributed by atoms with van der Waals surface area (Å²) in [6.07, 6.45) is -7.62. The second kappa shape index (κ2) is 37.6. The number of carboxylic acids is 1. The van der Waals surface area contributed by atoms with Crippen LogP contribution >= 0.6 is 0 Å². The Labute approximate surface area is 617 Å². The van der Waals surface area contributed by atoms with Gasteiger partial charge in [-0.15, -0.1) is 0 Å². The number of alkyl halides is 6. The van der Waals surface area contributed by atoms with Gasteiger partial charge in [-0.3, -0.25) is 24.0 Å². The molecule has 590 valence electrons. The van der Waals surface area contributed by atoms with Crippen LogP contribution in [0.5, 0.6) is 0 Å². The molecular formula is C68H107F6IN6O21Si-2. The van der Waals surface area contributed by atoms with Crippen LogP contribution in [0.4, 0.5) is 45.5 Å². The Kier molecular flexibility index (Phi) is 33.7. The fraction of sp³-hybridized carbons (Fsp3) is 0.765. The smallest absolute Gasteiger partial charge is 0.471 e. The van der Waals surface area contributed by atoms with Crippen LogP contribution < -0.4 is 34.6 Å². The molecule has 2 saturated carbocycles. The number of amides is 8. The number of ketones is 1. The van der Waals surface area contributed by atoms with Crippen LogP contribution in [-0.2, 0) is 66.8 Å². The second-order valence-electron chi connectivity index (χ2n) is 31.1. The number of nitrogens with one attached hydrogen (secondary N) is 2. The van der Waals surface area contributed by atoms with Crippen molar-refractivity contribution in [1.29, 1.82) is 0 Å². The third kappa shape index (κ3) is 29.0. The fourth-order valence-corrected chi connectivity index (χ4v) is 12.0. The number of rotatable bonds is 28. The molecule has 2 saturated heterocycles. The molecule has 2 aliphatic heterocycles. The highest BCUT2D eigenvalue weighted by molar-refractivity contribution is 6.76. The summed E-state index contributed by atoms with van der Waals surface area (Å²) in [5.74, 6) is -11.2. The highest BCUT2D eigenvalue weighted by Gasteiger charge is 2.69. The first-order valence-electron chi connectivity index (χ1n) is 34.2. The number of aliphatic hydroxyl groups excluding tert-OH is 2. The molecule has 4 aliphatic rings. The number of carboxylic acid groups (broad SMARTS) is 1. The molecule has 35 heteroatoms. The van der Waals surface area contributed by atoms with Crippen molar-refractivity contribution in [1.82, 2.24) is 30.2 Å². The van der Waals surface area contributed by atoms with Crippen LogP contribution in [0.2, 0.25) is 25.7 Å². The van der Waals surface area contributed by atoms with Gasteiger partial charge in [-0.2, -0.15) is 36.1 Å². The zero-order valence-electron chi connectivity index (χ0n) is 63.0. The van der Waals surface area contributed by atoms with Gasteiger partial charge in [0.2, 0.25) is 11.8 Å². The molecule has 103 heavy (non-hydrogen) atoms. The number of likely N-dealkylation sites (tertiary alicyclic amines) is 2. The molecule has 0 aromatic heterocycles. The number of esters is 2. The molecule has 0 unspecified atom stereocenters. The Morgan fingerprint density at radius 1 is 0.563 bits per heavy atom. The van der Waals surface area contributed by atoms with Gasteiger partial charge in [0, 0.05) is 45.8 Å². The van der Waals surface area contributed by atoms with Gasteiger partial charge >= 0.3 is 66.4 Å². The molecule has 5 N–H and O–H groups in total. The van der Waals surface area contributed by atoms with E-state index in [1.807, 2.05) is 0 Å². The van der Waals surface area contributed by atoms with Gasteiger partial charge in [0.1, 0.15) is 52.1 Å². The Morgan fingerprint density at radius 3 is 1.25 bits per heavy atom. The number of Topliss-reactive ketones (excluding diaryl/α,β-unsaturated/α-hetero) is 1. The van der Waals surface area contributed by atoms with Crippen LogP contribution in [0, 0.1) is 11.8 Å². The fourth-order valence-electron chi connectivity index (χ4n) is 11.3. The average molecular weight is 1610 g/mol. The molecule has 4 rings (SSSR count). The maximum atomic E-state index is 13.5. The lowest BCUT2D eigenvalue weighted by atomic mass is 10.0. The summed E-state index contributed by atoms with van der Waals surface area (Å²) in [6.45, 7) is 27.9. The molecule has 2 aliphatic carbocycles. The molecule has 27 nitrogen and oxygen atoms in total. The minimum atomic E-state index is -5.26. The zero-order valence-corrected chi connectivity index (χ0v) is 65.1. The first-order valence-corrected chi connectivity index (χ1v) is 37.9. The van der Waals surface area contributed by atoms with Crippen molar-refractivity contribution in [3.63, 3.8) is 0 Å². The van der Waals surface area contributed by atoms with E-state index in [4.69, 9.17) is 28.4 Å². The highest BCUT2D eigenvalue weighted by atomic mass is 127. The summed E-state index contributed by atoms with van der Waals surface area (Å²) in [5.41, 5.74) is -7.11.